The minimum Gasteiger partial charge on any atom is -0.495 e. The fourth-order valence-corrected chi connectivity index (χ4v) is 3.48. The second-order valence-electron chi connectivity index (χ2n) is 5.83. The predicted molar refractivity (Wildman–Crippen MR) is 102 cm³/mol. The first-order valence-electron chi connectivity index (χ1n) is 8.09. The number of hydrogen-bond acceptors (Lipinski definition) is 5. The van der Waals surface area contributed by atoms with Crippen LogP contribution >= 0.6 is 11.8 Å². The second kappa shape index (κ2) is 8.05. The third-order valence-corrected chi connectivity index (χ3v) is 5.15. The molecule has 0 spiro atoms. The first-order valence-corrected chi connectivity index (χ1v) is 8.97. The molecule has 0 aliphatic heterocycles. The van der Waals surface area contributed by atoms with Gasteiger partial charge in [0.2, 0.25) is 5.91 Å². The third kappa shape index (κ3) is 4.05. The molecule has 0 unspecified atom stereocenters. The minimum absolute atomic E-state index is 0.145. The van der Waals surface area contributed by atoms with Crippen molar-refractivity contribution in [3.05, 3.63) is 66.0 Å². The van der Waals surface area contributed by atoms with Gasteiger partial charge in [-0.25, -0.2) is 0 Å². The van der Waals surface area contributed by atoms with E-state index in [2.05, 4.69) is 15.5 Å². The molecule has 1 aromatic heterocycles. The molecule has 1 atom stereocenters. The minimum atomic E-state index is -0.468. The molecule has 0 radical (unpaired) electrons. The van der Waals surface area contributed by atoms with Crippen LogP contribution in [0.3, 0.4) is 0 Å². The Kier molecular flexibility index (Phi) is 5.58. The fourth-order valence-electron chi connectivity index (χ4n) is 2.50. The molecule has 0 saturated heterocycles. The number of carbonyl (C=O) groups is 1. The summed E-state index contributed by atoms with van der Waals surface area (Å²) in [5.74, 6) is 0.479. The lowest BCUT2D eigenvalue weighted by atomic mass is 10.1. The molecule has 0 saturated carbocycles. The maximum atomic E-state index is 13.1. The quantitative estimate of drug-likeness (QED) is 0.673. The molecule has 26 heavy (non-hydrogen) atoms. The number of aryl methyl sites for hydroxylation is 2. The van der Waals surface area contributed by atoms with Gasteiger partial charge in [-0.1, -0.05) is 48.2 Å². The smallest absolute Gasteiger partial charge is 0.242 e. The number of nitrogens with zero attached hydrogens (tertiary/aromatic N) is 3. The van der Waals surface area contributed by atoms with Crippen molar-refractivity contribution in [1.82, 2.24) is 14.8 Å². The molecular formula is C19H20N4O2S. The van der Waals surface area contributed by atoms with Gasteiger partial charge in [0.25, 0.3) is 0 Å². The molecule has 134 valence electrons. The fraction of sp³-hybridized carbons (Fsp3) is 0.211. The number of benzene rings is 2. The Hall–Kier alpha value is -2.80. The zero-order valence-corrected chi connectivity index (χ0v) is 15.7. The molecule has 0 bridgehead atoms. The van der Waals surface area contributed by atoms with Gasteiger partial charge in [0, 0.05) is 7.05 Å². The van der Waals surface area contributed by atoms with E-state index < -0.39 is 5.25 Å². The molecule has 0 aliphatic rings. The molecule has 6 nitrogen and oxygen atoms in total. The van der Waals surface area contributed by atoms with Crippen molar-refractivity contribution in [1.29, 1.82) is 0 Å². The van der Waals surface area contributed by atoms with Crippen LogP contribution in [0.15, 0.2) is 60.0 Å². The molecule has 0 fully saturated rings. The van der Waals surface area contributed by atoms with E-state index >= 15 is 0 Å². The van der Waals surface area contributed by atoms with Gasteiger partial charge < -0.3 is 14.6 Å². The van der Waals surface area contributed by atoms with Gasteiger partial charge in [0.15, 0.2) is 5.16 Å². The van der Waals surface area contributed by atoms with E-state index in [9.17, 15) is 4.79 Å². The lowest BCUT2D eigenvalue weighted by Crippen LogP contribution is -2.20. The Morgan fingerprint density at radius 1 is 1.23 bits per heavy atom. The highest BCUT2D eigenvalue weighted by molar-refractivity contribution is 8.00. The van der Waals surface area contributed by atoms with Crippen LogP contribution in [0.4, 0.5) is 5.69 Å². The highest BCUT2D eigenvalue weighted by Crippen LogP contribution is 2.36. The van der Waals surface area contributed by atoms with Gasteiger partial charge >= 0.3 is 0 Å². The normalized spacial score (nSPS) is 11.8. The van der Waals surface area contributed by atoms with Gasteiger partial charge in [-0.05, 0) is 30.2 Å². The van der Waals surface area contributed by atoms with E-state index in [0.717, 1.165) is 11.1 Å². The first-order chi connectivity index (χ1) is 12.6. The molecule has 7 heteroatoms. The third-order valence-electron chi connectivity index (χ3n) is 3.85. The van der Waals surface area contributed by atoms with Crippen LogP contribution in [0.25, 0.3) is 0 Å². The number of thioether (sulfide) groups is 1. The molecular weight excluding hydrogens is 348 g/mol. The molecule has 3 rings (SSSR count). The van der Waals surface area contributed by atoms with Gasteiger partial charge in [-0.2, -0.15) is 0 Å². The van der Waals surface area contributed by atoms with Gasteiger partial charge in [-0.3, -0.25) is 4.79 Å². The predicted octanol–water partition coefficient (Wildman–Crippen LogP) is 3.60. The summed E-state index contributed by atoms with van der Waals surface area (Å²) in [6.07, 6.45) is 1.62. The number of methoxy groups -OCH3 is 1. The Labute approximate surface area is 156 Å². The van der Waals surface area contributed by atoms with Crippen molar-refractivity contribution >= 4 is 23.4 Å². The standard InChI is InChI=1S/C19H20N4O2S/c1-13-9-10-16(25-3)15(11-13)21-18(24)17(14-7-5-4-6-8-14)26-19-22-20-12-23(19)2/h4-12,17H,1-3H3,(H,21,24)/t17-/m1/s1. The van der Waals surface area contributed by atoms with Crippen LogP contribution in [0.2, 0.25) is 0 Å². The molecule has 3 aromatic rings. The van der Waals surface area contributed by atoms with Gasteiger partial charge in [-0.15, -0.1) is 10.2 Å². The van der Waals surface area contributed by atoms with Crippen LogP contribution in [0.1, 0.15) is 16.4 Å². The second-order valence-corrected chi connectivity index (χ2v) is 6.90. The van der Waals surface area contributed by atoms with Crippen LogP contribution in [-0.2, 0) is 11.8 Å². The van der Waals surface area contributed by atoms with Crippen molar-refractivity contribution in [2.45, 2.75) is 17.3 Å². The zero-order chi connectivity index (χ0) is 18.5. The van der Waals surface area contributed by atoms with Gasteiger partial charge in [0.1, 0.15) is 17.3 Å². The number of ether oxygens (including phenoxy) is 1. The maximum absolute atomic E-state index is 13.1. The largest absolute Gasteiger partial charge is 0.495 e. The zero-order valence-electron chi connectivity index (χ0n) is 14.8. The Morgan fingerprint density at radius 3 is 2.65 bits per heavy atom. The SMILES string of the molecule is COc1ccc(C)cc1NC(=O)[C@H](Sc1nncn1C)c1ccccc1. The summed E-state index contributed by atoms with van der Waals surface area (Å²) in [5, 5.41) is 11.2. The van der Waals surface area contributed by atoms with Gasteiger partial charge in [0.05, 0.1) is 12.8 Å². The lowest BCUT2D eigenvalue weighted by Gasteiger charge is -2.18. The summed E-state index contributed by atoms with van der Waals surface area (Å²) in [5.41, 5.74) is 2.58. The molecule has 1 heterocycles. The van der Waals surface area contributed by atoms with E-state index in [1.165, 1.54) is 11.8 Å². The number of carbonyl (C=O) groups excluding carboxylic acids is 1. The summed E-state index contributed by atoms with van der Waals surface area (Å²) in [6.45, 7) is 1.97. The van der Waals surface area contributed by atoms with E-state index in [1.807, 2.05) is 62.5 Å². The summed E-state index contributed by atoms with van der Waals surface area (Å²) >= 11 is 1.36. The number of aromatic nitrogens is 3. The highest BCUT2D eigenvalue weighted by atomic mass is 32.2. The summed E-state index contributed by atoms with van der Waals surface area (Å²) in [7, 11) is 3.44. The number of hydrogen-bond donors (Lipinski definition) is 1. The maximum Gasteiger partial charge on any atom is 0.242 e. The highest BCUT2D eigenvalue weighted by Gasteiger charge is 2.25. The van der Waals surface area contributed by atoms with Crippen molar-refractivity contribution in [2.75, 3.05) is 12.4 Å². The Morgan fingerprint density at radius 2 is 2.00 bits per heavy atom. The van der Waals surface area contributed by atoms with Crippen LogP contribution in [0, 0.1) is 6.92 Å². The molecule has 2 aromatic carbocycles. The average molecular weight is 368 g/mol. The Balaban J connectivity index is 1.90. The van der Waals surface area contributed by atoms with Crippen LogP contribution in [-0.4, -0.2) is 27.8 Å². The number of anilines is 1. The molecule has 1 N–H and O–H groups in total. The topological polar surface area (TPSA) is 69.0 Å². The van der Waals surface area contributed by atoms with Crippen molar-refractivity contribution in [3.8, 4) is 5.75 Å². The van der Waals surface area contributed by atoms with Crippen molar-refractivity contribution < 1.29 is 9.53 Å². The first kappa shape index (κ1) is 18.0. The summed E-state index contributed by atoms with van der Waals surface area (Å²) < 4.78 is 7.16. The lowest BCUT2D eigenvalue weighted by molar-refractivity contribution is -0.115. The van der Waals surface area contributed by atoms with Crippen LogP contribution < -0.4 is 10.1 Å². The van der Waals surface area contributed by atoms with E-state index in [1.54, 1.807) is 18.0 Å². The number of nitrogens with one attached hydrogen (secondary N) is 1. The van der Waals surface area contributed by atoms with Crippen molar-refractivity contribution in [2.24, 2.45) is 7.05 Å². The van der Waals surface area contributed by atoms with E-state index in [4.69, 9.17) is 4.74 Å². The molecule has 0 aliphatic carbocycles. The summed E-state index contributed by atoms with van der Waals surface area (Å²) in [6, 6.07) is 15.3. The monoisotopic (exact) mass is 368 g/mol. The average Bonchev–Trinajstić information content (AvgIpc) is 3.05. The van der Waals surface area contributed by atoms with Crippen LogP contribution in [0.5, 0.6) is 5.75 Å². The number of rotatable bonds is 6. The molecule has 1 amide bonds. The van der Waals surface area contributed by atoms with E-state index in [0.29, 0.717) is 16.6 Å². The Bertz CT molecular complexity index is 896. The number of amides is 1. The van der Waals surface area contributed by atoms with Crippen molar-refractivity contribution in [3.63, 3.8) is 0 Å². The van der Waals surface area contributed by atoms with E-state index in [-0.39, 0.29) is 5.91 Å². The summed E-state index contributed by atoms with van der Waals surface area (Å²) in [4.78, 5) is 13.1.